The monoisotopic (exact) mass is 364 g/mol. The zero-order valence-electron chi connectivity index (χ0n) is 14.6. The highest BCUT2D eigenvalue weighted by molar-refractivity contribution is 6.05. The molecule has 0 fully saturated rings. The van der Waals surface area contributed by atoms with Crippen molar-refractivity contribution in [3.63, 3.8) is 0 Å². The quantitative estimate of drug-likeness (QED) is 0.747. The van der Waals surface area contributed by atoms with Crippen molar-refractivity contribution in [3.05, 3.63) is 71.3 Å². The molecule has 0 saturated carbocycles. The molecule has 0 bridgehead atoms. The zero-order valence-corrected chi connectivity index (χ0v) is 14.6. The molecule has 1 aliphatic rings. The van der Waals surface area contributed by atoms with Crippen molar-refractivity contribution >= 4 is 23.2 Å². The van der Waals surface area contributed by atoms with Crippen LogP contribution in [-0.4, -0.2) is 21.6 Å². The molecule has 2 aromatic carbocycles. The number of halogens is 1. The van der Waals surface area contributed by atoms with E-state index in [4.69, 9.17) is 0 Å². The Labute approximate surface area is 155 Å². The molecule has 4 rings (SSSR count). The molecule has 0 spiro atoms. The summed E-state index contributed by atoms with van der Waals surface area (Å²) in [5, 5.41) is 9.93. The number of benzene rings is 2. The summed E-state index contributed by atoms with van der Waals surface area (Å²) >= 11 is 0. The van der Waals surface area contributed by atoms with Gasteiger partial charge in [0.25, 0.3) is 5.91 Å². The van der Waals surface area contributed by atoms with Crippen LogP contribution >= 0.6 is 0 Å². The van der Waals surface area contributed by atoms with Gasteiger partial charge in [0.1, 0.15) is 5.82 Å². The molecule has 0 radical (unpaired) electrons. The van der Waals surface area contributed by atoms with Crippen LogP contribution in [0.2, 0.25) is 0 Å². The topological polar surface area (TPSA) is 76.0 Å². The first-order valence-corrected chi connectivity index (χ1v) is 8.56. The first-order chi connectivity index (χ1) is 13.0. The molecule has 0 atom stereocenters. The average Bonchev–Trinajstić information content (AvgIpc) is 3.04. The van der Waals surface area contributed by atoms with Crippen molar-refractivity contribution in [2.45, 2.75) is 19.8 Å². The minimum atomic E-state index is -0.329. The van der Waals surface area contributed by atoms with Gasteiger partial charge in [-0.2, -0.15) is 5.10 Å². The lowest BCUT2D eigenvalue weighted by Crippen LogP contribution is -2.19. The maximum Gasteiger partial charge on any atom is 0.259 e. The number of amides is 2. The van der Waals surface area contributed by atoms with Crippen molar-refractivity contribution in [3.8, 4) is 5.69 Å². The van der Waals surface area contributed by atoms with Crippen LogP contribution in [0.3, 0.4) is 0 Å². The molecule has 136 valence electrons. The van der Waals surface area contributed by atoms with E-state index in [2.05, 4.69) is 15.7 Å². The van der Waals surface area contributed by atoms with Crippen LogP contribution in [0.4, 0.5) is 15.8 Å². The van der Waals surface area contributed by atoms with E-state index in [-0.39, 0.29) is 17.6 Å². The summed E-state index contributed by atoms with van der Waals surface area (Å²) in [6.07, 6.45) is 2.58. The van der Waals surface area contributed by atoms with Crippen molar-refractivity contribution in [2.24, 2.45) is 0 Å². The third kappa shape index (κ3) is 3.31. The molecule has 2 heterocycles. The molecule has 0 saturated heterocycles. The van der Waals surface area contributed by atoms with Gasteiger partial charge in [-0.3, -0.25) is 9.59 Å². The lowest BCUT2D eigenvalue weighted by Gasteiger charge is -2.17. The Bertz CT molecular complexity index is 1040. The second-order valence-electron chi connectivity index (χ2n) is 6.41. The lowest BCUT2D eigenvalue weighted by molar-refractivity contribution is -0.116. The number of nitrogens with one attached hydrogen (secondary N) is 2. The molecule has 7 heteroatoms. The number of aryl methyl sites for hydroxylation is 1. The second-order valence-corrected chi connectivity index (χ2v) is 6.41. The summed E-state index contributed by atoms with van der Waals surface area (Å²) in [5.74, 6) is -0.603. The number of rotatable bonds is 3. The van der Waals surface area contributed by atoms with Gasteiger partial charge in [-0.15, -0.1) is 0 Å². The number of carbonyl (C=O) groups excluding carboxylic acids is 2. The molecule has 1 aromatic heterocycles. The SMILES string of the molecule is Cc1c(C(=O)Nc2ccc3c(c2)CCC(=O)N3)cnn1-c1ccc(F)cc1. The summed E-state index contributed by atoms with van der Waals surface area (Å²) in [7, 11) is 0. The minimum absolute atomic E-state index is 0.00289. The second kappa shape index (κ2) is 6.68. The lowest BCUT2D eigenvalue weighted by atomic mass is 10.0. The Balaban J connectivity index is 1.55. The number of hydrogen-bond donors (Lipinski definition) is 2. The molecule has 27 heavy (non-hydrogen) atoms. The summed E-state index contributed by atoms with van der Waals surface area (Å²) in [4.78, 5) is 24.1. The van der Waals surface area contributed by atoms with E-state index in [1.54, 1.807) is 35.9 Å². The predicted octanol–water partition coefficient (Wildman–Crippen LogP) is 3.46. The smallest absolute Gasteiger partial charge is 0.259 e. The van der Waals surface area contributed by atoms with Crippen LogP contribution in [-0.2, 0) is 11.2 Å². The summed E-state index contributed by atoms with van der Waals surface area (Å²) in [5.41, 5.74) is 4.20. The Kier molecular flexibility index (Phi) is 4.19. The van der Waals surface area contributed by atoms with Crippen LogP contribution in [0.15, 0.2) is 48.7 Å². The molecule has 0 aliphatic carbocycles. The predicted molar refractivity (Wildman–Crippen MR) is 99.6 cm³/mol. The third-order valence-electron chi connectivity index (χ3n) is 4.58. The van der Waals surface area contributed by atoms with Crippen LogP contribution < -0.4 is 10.6 Å². The summed E-state index contributed by atoms with van der Waals surface area (Å²) in [6.45, 7) is 1.79. The Morgan fingerprint density at radius 1 is 1.19 bits per heavy atom. The number of fused-ring (bicyclic) bond motifs is 1. The number of nitrogens with zero attached hydrogens (tertiary/aromatic N) is 2. The first-order valence-electron chi connectivity index (χ1n) is 8.56. The first kappa shape index (κ1) is 17.0. The van der Waals surface area contributed by atoms with Gasteiger partial charge in [0.05, 0.1) is 23.1 Å². The molecule has 2 amide bonds. The van der Waals surface area contributed by atoms with Gasteiger partial charge in [-0.25, -0.2) is 9.07 Å². The highest BCUT2D eigenvalue weighted by Crippen LogP contribution is 2.26. The molecule has 0 unspecified atom stereocenters. The molecule has 2 N–H and O–H groups in total. The van der Waals surface area contributed by atoms with Gasteiger partial charge in [-0.05, 0) is 61.4 Å². The fourth-order valence-electron chi connectivity index (χ4n) is 3.13. The number of carbonyl (C=O) groups is 2. The molecular formula is C20H17FN4O2. The largest absolute Gasteiger partial charge is 0.326 e. The molecule has 1 aliphatic heterocycles. The van der Waals surface area contributed by atoms with Crippen LogP contribution in [0.25, 0.3) is 5.69 Å². The maximum absolute atomic E-state index is 13.1. The van der Waals surface area contributed by atoms with Gasteiger partial charge >= 0.3 is 0 Å². The minimum Gasteiger partial charge on any atom is -0.326 e. The number of anilines is 2. The van der Waals surface area contributed by atoms with Crippen LogP contribution in [0.1, 0.15) is 28.0 Å². The van der Waals surface area contributed by atoms with Gasteiger partial charge in [0.2, 0.25) is 5.91 Å². The molecular weight excluding hydrogens is 347 g/mol. The zero-order chi connectivity index (χ0) is 19.0. The average molecular weight is 364 g/mol. The van der Waals surface area contributed by atoms with E-state index in [9.17, 15) is 14.0 Å². The van der Waals surface area contributed by atoms with Crippen molar-refractivity contribution in [2.75, 3.05) is 10.6 Å². The van der Waals surface area contributed by atoms with E-state index in [1.807, 2.05) is 6.07 Å². The summed E-state index contributed by atoms with van der Waals surface area (Å²) < 4.78 is 14.7. The van der Waals surface area contributed by atoms with E-state index >= 15 is 0 Å². The van der Waals surface area contributed by atoms with Gasteiger partial charge in [0.15, 0.2) is 0 Å². The van der Waals surface area contributed by atoms with Gasteiger partial charge in [0, 0.05) is 17.8 Å². The van der Waals surface area contributed by atoms with Crippen LogP contribution in [0, 0.1) is 12.7 Å². The Hall–Kier alpha value is -3.48. The van der Waals surface area contributed by atoms with Crippen molar-refractivity contribution < 1.29 is 14.0 Å². The fraction of sp³-hybridized carbons (Fsp3) is 0.150. The third-order valence-corrected chi connectivity index (χ3v) is 4.58. The Morgan fingerprint density at radius 3 is 2.74 bits per heavy atom. The van der Waals surface area contributed by atoms with Crippen molar-refractivity contribution in [1.29, 1.82) is 0 Å². The fourth-order valence-corrected chi connectivity index (χ4v) is 3.13. The van der Waals surface area contributed by atoms with Crippen LogP contribution in [0.5, 0.6) is 0 Å². The number of aromatic nitrogens is 2. The summed E-state index contributed by atoms with van der Waals surface area (Å²) in [6, 6.07) is 11.3. The standard InChI is InChI=1S/C20H17FN4O2/c1-12-17(11-22-25(12)16-6-3-14(21)4-7-16)20(27)23-15-5-8-18-13(10-15)2-9-19(26)24-18/h3-8,10-11H,2,9H2,1H3,(H,23,27)(H,24,26). The Morgan fingerprint density at radius 2 is 1.96 bits per heavy atom. The molecule has 6 nitrogen and oxygen atoms in total. The van der Waals surface area contributed by atoms with Gasteiger partial charge in [-0.1, -0.05) is 0 Å². The van der Waals surface area contributed by atoms with E-state index in [0.29, 0.717) is 35.5 Å². The van der Waals surface area contributed by atoms with Gasteiger partial charge < -0.3 is 10.6 Å². The van der Waals surface area contributed by atoms with E-state index < -0.39 is 0 Å². The maximum atomic E-state index is 13.1. The van der Waals surface area contributed by atoms with Crippen molar-refractivity contribution in [1.82, 2.24) is 9.78 Å². The molecule has 3 aromatic rings. The van der Waals surface area contributed by atoms with E-state index in [1.165, 1.54) is 18.3 Å². The number of hydrogen-bond acceptors (Lipinski definition) is 3. The highest BCUT2D eigenvalue weighted by Gasteiger charge is 2.18. The van der Waals surface area contributed by atoms with E-state index in [0.717, 1.165) is 11.3 Å². The normalized spacial score (nSPS) is 13.0. The highest BCUT2D eigenvalue weighted by atomic mass is 19.1.